The molecular formula is C35H54O4. The predicted molar refractivity (Wildman–Crippen MR) is 163 cm³/mol. The van der Waals surface area contributed by atoms with E-state index < -0.39 is 5.79 Å². The van der Waals surface area contributed by atoms with Gasteiger partial charge >= 0.3 is 0 Å². The first kappa shape index (κ1) is 31.6. The Labute approximate surface area is 238 Å². The third-order valence-corrected chi connectivity index (χ3v) is 8.34. The van der Waals surface area contributed by atoms with E-state index >= 15 is 0 Å². The van der Waals surface area contributed by atoms with Gasteiger partial charge in [0.25, 0.3) is 0 Å². The Morgan fingerprint density at radius 1 is 0.795 bits per heavy atom. The lowest BCUT2D eigenvalue weighted by Gasteiger charge is -2.42. The SMILES string of the molecule is CCCCCCCCCc1ccc(-c2cc(CCCO)c(OCC3(CC)COC(C)(C)OC3)cc2CC)cc1. The molecule has 2 aromatic rings. The Kier molecular flexibility index (Phi) is 12.8. The summed E-state index contributed by atoms with van der Waals surface area (Å²) in [5.74, 6) is 0.392. The quantitative estimate of drug-likeness (QED) is 0.205. The van der Waals surface area contributed by atoms with Gasteiger partial charge in [0.15, 0.2) is 5.79 Å². The first-order valence-electron chi connectivity index (χ1n) is 15.6. The van der Waals surface area contributed by atoms with Gasteiger partial charge in [-0.1, -0.05) is 83.6 Å². The molecule has 1 heterocycles. The molecule has 0 atom stereocenters. The average Bonchev–Trinajstić information content (AvgIpc) is 2.95. The monoisotopic (exact) mass is 538 g/mol. The van der Waals surface area contributed by atoms with Crippen LogP contribution in [0.3, 0.4) is 0 Å². The third kappa shape index (κ3) is 9.62. The lowest BCUT2D eigenvalue weighted by atomic mass is 9.86. The summed E-state index contributed by atoms with van der Waals surface area (Å²) in [6.07, 6.45) is 14.0. The van der Waals surface area contributed by atoms with Crippen molar-refractivity contribution in [2.75, 3.05) is 26.4 Å². The molecular weight excluding hydrogens is 484 g/mol. The van der Waals surface area contributed by atoms with Crippen molar-refractivity contribution < 1.29 is 19.3 Å². The zero-order valence-corrected chi connectivity index (χ0v) is 25.4. The van der Waals surface area contributed by atoms with Crippen LogP contribution in [0.15, 0.2) is 36.4 Å². The highest BCUT2D eigenvalue weighted by molar-refractivity contribution is 5.70. The highest BCUT2D eigenvalue weighted by Gasteiger charge is 2.39. The number of hydrogen-bond donors (Lipinski definition) is 1. The Morgan fingerprint density at radius 2 is 1.46 bits per heavy atom. The van der Waals surface area contributed by atoms with Gasteiger partial charge in [0, 0.05) is 6.61 Å². The highest BCUT2D eigenvalue weighted by atomic mass is 16.7. The van der Waals surface area contributed by atoms with Crippen molar-refractivity contribution in [3.05, 3.63) is 53.1 Å². The largest absolute Gasteiger partial charge is 0.493 e. The van der Waals surface area contributed by atoms with Crippen molar-refractivity contribution >= 4 is 0 Å². The predicted octanol–water partition coefficient (Wildman–Crippen LogP) is 8.69. The van der Waals surface area contributed by atoms with Gasteiger partial charge in [-0.2, -0.15) is 0 Å². The molecule has 0 aliphatic carbocycles. The van der Waals surface area contributed by atoms with E-state index in [9.17, 15) is 5.11 Å². The van der Waals surface area contributed by atoms with Crippen molar-refractivity contribution in [1.29, 1.82) is 0 Å². The van der Waals surface area contributed by atoms with Crippen molar-refractivity contribution in [3.8, 4) is 16.9 Å². The van der Waals surface area contributed by atoms with Gasteiger partial charge in [0.05, 0.1) is 25.2 Å². The topological polar surface area (TPSA) is 47.9 Å². The van der Waals surface area contributed by atoms with E-state index in [2.05, 4.69) is 57.2 Å². The van der Waals surface area contributed by atoms with Gasteiger partial charge in [0.1, 0.15) is 5.75 Å². The summed E-state index contributed by atoms with van der Waals surface area (Å²) in [5, 5.41) is 9.57. The summed E-state index contributed by atoms with van der Waals surface area (Å²) < 4.78 is 18.5. The van der Waals surface area contributed by atoms with E-state index in [0.29, 0.717) is 19.8 Å². The van der Waals surface area contributed by atoms with E-state index in [1.807, 2.05) is 13.8 Å². The molecule has 0 bridgehead atoms. The summed E-state index contributed by atoms with van der Waals surface area (Å²) in [5.41, 5.74) is 6.26. The maximum atomic E-state index is 9.57. The van der Waals surface area contributed by atoms with Crippen LogP contribution >= 0.6 is 0 Å². The van der Waals surface area contributed by atoms with Crippen LogP contribution in [0.1, 0.15) is 109 Å². The van der Waals surface area contributed by atoms with E-state index in [1.54, 1.807) is 0 Å². The second-order valence-electron chi connectivity index (χ2n) is 12.0. The van der Waals surface area contributed by atoms with Gasteiger partial charge < -0.3 is 19.3 Å². The molecule has 1 saturated heterocycles. The first-order chi connectivity index (χ1) is 18.8. The van der Waals surface area contributed by atoms with Crippen LogP contribution in [0, 0.1) is 5.41 Å². The third-order valence-electron chi connectivity index (χ3n) is 8.34. The van der Waals surface area contributed by atoms with Crippen LogP contribution in [0.5, 0.6) is 5.75 Å². The highest BCUT2D eigenvalue weighted by Crippen LogP contribution is 2.36. The first-order valence-corrected chi connectivity index (χ1v) is 15.6. The Hall–Kier alpha value is -1.88. The summed E-state index contributed by atoms with van der Waals surface area (Å²) in [7, 11) is 0. The summed E-state index contributed by atoms with van der Waals surface area (Å²) in [6, 6.07) is 13.7. The van der Waals surface area contributed by atoms with Crippen LogP contribution < -0.4 is 4.74 Å². The fourth-order valence-electron chi connectivity index (χ4n) is 5.32. The lowest BCUT2D eigenvalue weighted by Crippen LogP contribution is -2.49. The van der Waals surface area contributed by atoms with Gasteiger partial charge in [-0.25, -0.2) is 0 Å². The Morgan fingerprint density at radius 3 is 2.08 bits per heavy atom. The number of hydrogen-bond acceptors (Lipinski definition) is 4. The molecule has 0 radical (unpaired) electrons. The molecule has 0 unspecified atom stereocenters. The zero-order chi connectivity index (χ0) is 28.1. The zero-order valence-electron chi connectivity index (χ0n) is 25.4. The molecule has 0 spiro atoms. The second kappa shape index (κ2) is 15.8. The van der Waals surface area contributed by atoms with Gasteiger partial charge in [-0.15, -0.1) is 0 Å². The minimum absolute atomic E-state index is 0.153. The molecule has 4 nitrogen and oxygen atoms in total. The molecule has 1 aliphatic rings. The minimum atomic E-state index is -0.536. The van der Waals surface area contributed by atoms with E-state index in [1.165, 1.54) is 67.2 Å². The standard InChI is InChI=1S/C35H54O4/c1-6-9-10-11-12-13-14-16-28-18-20-30(21-19-28)32-23-31(17-15-22-36)33(24-29(32)7-2)37-25-35(8-3)26-38-34(4,5)39-27-35/h18-21,23-24,36H,6-17,22,25-27H2,1-5H3. The van der Waals surface area contributed by atoms with E-state index in [-0.39, 0.29) is 12.0 Å². The molecule has 1 N–H and O–H groups in total. The molecule has 218 valence electrons. The molecule has 1 fully saturated rings. The number of ether oxygens (including phenoxy) is 3. The van der Waals surface area contributed by atoms with Crippen molar-refractivity contribution in [1.82, 2.24) is 0 Å². The van der Waals surface area contributed by atoms with Crippen LogP contribution in [-0.2, 0) is 28.7 Å². The Bertz CT molecular complexity index is 969. The van der Waals surface area contributed by atoms with E-state index in [4.69, 9.17) is 14.2 Å². The smallest absolute Gasteiger partial charge is 0.162 e. The maximum absolute atomic E-state index is 9.57. The molecule has 0 aromatic heterocycles. The molecule has 0 saturated carbocycles. The molecule has 1 aliphatic heterocycles. The van der Waals surface area contributed by atoms with Gasteiger partial charge in [-0.05, 0) is 92.3 Å². The Balaban J connectivity index is 1.71. The number of aliphatic hydroxyl groups is 1. The second-order valence-corrected chi connectivity index (χ2v) is 12.0. The fraction of sp³-hybridized carbons (Fsp3) is 0.657. The molecule has 2 aromatic carbocycles. The molecule has 4 heteroatoms. The van der Waals surface area contributed by atoms with Gasteiger partial charge in [0.2, 0.25) is 0 Å². The number of unbranched alkanes of at least 4 members (excludes halogenated alkanes) is 6. The number of rotatable bonds is 17. The molecule has 3 rings (SSSR count). The van der Waals surface area contributed by atoms with Crippen LogP contribution in [0.4, 0.5) is 0 Å². The van der Waals surface area contributed by atoms with Crippen molar-refractivity contribution in [2.45, 2.75) is 117 Å². The van der Waals surface area contributed by atoms with Crippen molar-refractivity contribution in [2.24, 2.45) is 5.41 Å². The molecule has 0 amide bonds. The minimum Gasteiger partial charge on any atom is -0.493 e. The fourth-order valence-corrected chi connectivity index (χ4v) is 5.32. The lowest BCUT2D eigenvalue weighted by molar-refractivity contribution is -0.289. The number of aliphatic hydroxyl groups excluding tert-OH is 1. The summed E-state index contributed by atoms with van der Waals surface area (Å²) in [6.45, 7) is 12.6. The summed E-state index contributed by atoms with van der Waals surface area (Å²) >= 11 is 0. The normalized spacial score (nSPS) is 16.4. The van der Waals surface area contributed by atoms with Crippen LogP contribution in [0.2, 0.25) is 0 Å². The average molecular weight is 539 g/mol. The van der Waals surface area contributed by atoms with E-state index in [0.717, 1.165) is 43.4 Å². The maximum Gasteiger partial charge on any atom is 0.162 e. The summed E-state index contributed by atoms with van der Waals surface area (Å²) in [4.78, 5) is 0. The van der Waals surface area contributed by atoms with Gasteiger partial charge in [-0.3, -0.25) is 0 Å². The van der Waals surface area contributed by atoms with Crippen LogP contribution in [0.25, 0.3) is 11.1 Å². The van der Waals surface area contributed by atoms with Crippen molar-refractivity contribution in [3.63, 3.8) is 0 Å². The van der Waals surface area contributed by atoms with Crippen LogP contribution in [-0.4, -0.2) is 37.3 Å². The number of aryl methyl sites for hydroxylation is 3. The number of benzene rings is 2. The molecule has 39 heavy (non-hydrogen) atoms.